The Hall–Kier alpha value is -1.68. The van der Waals surface area contributed by atoms with E-state index in [-0.39, 0.29) is 0 Å². The van der Waals surface area contributed by atoms with Gasteiger partial charge in [0.25, 0.3) is 0 Å². The monoisotopic (exact) mass is 298 g/mol. The van der Waals surface area contributed by atoms with Crippen molar-refractivity contribution in [1.82, 2.24) is 14.9 Å². The summed E-state index contributed by atoms with van der Waals surface area (Å²) in [6.45, 7) is 2.18. The molecular formula is C18H26N4. The first-order chi connectivity index (χ1) is 10.7. The predicted molar refractivity (Wildman–Crippen MR) is 92.3 cm³/mol. The van der Waals surface area contributed by atoms with Crippen LogP contribution in [-0.2, 0) is 6.42 Å². The lowest BCUT2D eigenvalue weighted by Gasteiger charge is -2.33. The van der Waals surface area contributed by atoms with Crippen LogP contribution in [0.5, 0.6) is 0 Å². The van der Waals surface area contributed by atoms with Gasteiger partial charge in [0, 0.05) is 17.5 Å². The minimum Gasteiger partial charge on any atom is -0.367 e. The van der Waals surface area contributed by atoms with Crippen LogP contribution in [0.25, 0.3) is 10.9 Å². The lowest BCUT2D eigenvalue weighted by atomic mass is 9.90. The fraction of sp³-hybridized carbons (Fsp3) is 0.556. The Balaban J connectivity index is 1.77. The summed E-state index contributed by atoms with van der Waals surface area (Å²) >= 11 is 0. The molecule has 2 aromatic rings. The smallest absolute Gasteiger partial charge is 0.137 e. The van der Waals surface area contributed by atoms with E-state index in [1.54, 1.807) is 6.33 Å². The van der Waals surface area contributed by atoms with Crippen LogP contribution in [0.3, 0.4) is 0 Å². The van der Waals surface area contributed by atoms with Crippen LogP contribution >= 0.6 is 0 Å². The zero-order chi connectivity index (χ0) is 15.5. The van der Waals surface area contributed by atoms with Gasteiger partial charge in [-0.3, -0.25) is 0 Å². The van der Waals surface area contributed by atoms with Gasteiger partial charge in [-0.2, -0.15) is 0 Å². The Morgan fingerprint density at radius 3 is 2.59 bits per heavy atom. The molecule has 1 aromatic heterocycles. The normalized spacial score (nSPS) is 22.2. The summed E-state index contributed by atoms with van der Waals surface area (Å²) in [7, 11) is 4.37. The molecule has 1 aliphatic carbocycles. The summed E-state index contributed by atoms with van der Waals surface area (Å²) in [5.41, 5.74) is 2.36. The second-order valence-corrected chi connectivity index (χ2v) is 6.54. The highest BCUT2D eigenvalue weighted by Crippen LogP contribution is 2.27. The summed E-state index contributed by atoms with van der Waals surface area (Å²) in [5, 5.41) is 4.81. The molecule has 3 rings (SSSR count). The van der Waals surface area contributed by atoms with E-state index in [0.717, 1.165) is 29.2 Å². The first-order valence-electron chi connectivity index (χ1n) is 8.34. The van der Waals surface area contributed by atoms with E-state index < -0.39 is 0 Å². The molecule has 1 fully saturated rings. The number of anilines is 1. The van der Waals surface area contributed by atoms with E-state index in [9.17, 15) is 0 Å². The van der Waals surface area contributed by atoms with Gasteiger partial charge in [-0.05, 0) is 63.9 Å². The van der Waals surface area contributed by atoms with E-state index in [1.807, 2.05) is 0 Å². The van der Waals surface area contributed by atoms with Gasteiger partial charge in [0.05, 0.1) is 5.52 Å². The zero-order valence-electron chi connectivity index (χ0n) is 13.8. The topological polar surface area (TPSA) is 41.1 Å². The molecule has 22 heavy (non-hydrogen) atoms. The quantitative estimate of drug-likeness (QED) is 0.938. The molecule has 1 heterocycles. The lowest BCUT2D eigenvalue weighted by Crippen LogP contribution is -2.36. The minimum absolute atomic E-state index is 0.527. The van der Waals surface area contributed by atoms with Crippen LogP contribution in [0.2, 0.25) is 0 Å². The number of rotatable bonds is 4. The molecule has 4 nitrogen and oxygen atoms in total. The maximum Gasteiger partial charge on any atom is 0.137 e. The summed E-state index contributed by atoms with van der Waals surface area (Å²) in [4.78, 5) is 11.2. The van der Waals surface area contributed by atoms with Gasteiger partial charge in [0.2, 0.25) is 0 Å². The van der Waals surface area contributed by atoms with E-state index in [4.69, 9.17) is 0 Å². The number of nitrogens with one attached hydrogen (secondary N) is 1. The fourth-order valence-corrected chi connectivity index (χ4v) is 3.37. The van der Waals surface area contributed by atoms with E-state index in [0.29, 0.717) is 6.04 Å². The third-order valence-electron chi connectivity index (χ3n) is 4.88. The number of aryl methyl sites for hydroxylation is 1. The Morgan fingerprint density at radius 2 is 1.91 bits per heavy atom. The number of fused-ring (bicyclic) bond motifs is 1. The molecule has 118 valence electrons. The van der Waals surface area contributed by atoms with Crippen molar-refractivity contribution in [2.45, 2.75) is 51.1 Å². The molecule has 1 aromatic carbocycles. The van der Waals surface area contributed by atoms with Gasteiger partial charge in [-0.1, -0.05) is 13.0 Å². The van der Waals surface area contributed by atoms with Crippen LogP contribution in [0.15, 0.2) is 24.5 Å². The summed E-state index contributed by atoms with van der Waals surface area (Å²) in [5.74, 6) is 0.994. The molecule has 1 saturated carbocycles. The molecule has 0 atom stereocenters. The van der Waals surface area contributed by atoms with Gasteiger partial charge < -0.3 is 10.2 Å². The van der Waals surface area contributed by atoms with Crippen molar-refractivity contribution < 1.29 is 0 Å². The van der Waals surface area contributed by atoms with Crippen LogP contribution in [0, 0.1) is 0 Å². The van der Waals surface area contributed by atoms with Crippen molar-refractivity contribution in [3.63, 3.8) is 0 Å². The van der Waals surface area contributed by atoms with Gasteiger partial charge in [0.15, 0.2) is 0 Å². The summed E-state index contributed by atoms with van der Waals surface area (Å²) in [6.07, 6.45) is 7.64. The highest BCUT2D eigenvalue weighted by atomic mass is 15.1. The van der Waals surface area contributed by atoms with E-state index in [2.05, 4.69) is 59.4 Å². The Kier molecular flexibility index (Phi) is 4.57. The first kappa shape index (κ1) is 15.2. The number of hydrogen-bond acceptors (Lipinski definition) is 4. The van der Waals surface area contributed by atoms with Crippen molar-refractivity contribution >= 4 is 16.7 Å². The molecule has 0 aliphatic heterocycles. The van der Waals surface area contributed by atoms with Gasteiger partial charge in [-0.25, -0.2) is 9.97 Å². The molecule has 4 heteroatoms. The third kappa shape index (κ3) is 3.22. The highest BCUT2D eigenvalue weighted by molar-refractivity contribution is 5.89. The zero-order valence-corrected chi connectivity index (χ0v) is 13.8. The van der Waals surface area contributed by atoms with Crippen molar-refractivity contribution in [2.75, 3.05) is 19.4 Å². The largest absolute Gasteiger partial charge is 0.367 e. The molecule has 0 radical (unpaired) electrons. The standard InChI is InChI=1S/C18H26N4/c1-4-13-5-10-17-16(11-13)18(20-12-19-17)21-14-6-8-15(9-7-14)22(2)3/h5,10-12,14-15H,4,6-9H2,1-3H3,(H,19,20,21). The second-order valence-electron chi connectivity index (χ2n) is 6.54. The summed E-state index contributed by atoms with van der Waals surface area (Å²) < 4.78 is 0. The van der Waals surface area contributed by atoms with Crippen LogP contribution in [-0.4, -0.2) is 41.0 Å². The number of nitrogens with zero attached hydrogens (tertiary/aromatic N) is 3. The van der Waals surface area contributed by atoms with Gasteiger partial charge >= 0.3 is 0 Å². The third-order valence-corrected chi connectivity index (χ3v) is 4.88. The van der Waals surface area contributed by atoms with Gasteiger partial charge in [0.1, 0.15) is 12.1 Å². The van der Waals surface area contributed by atoms with Crippen molar-refractivity contribution in [3.05, 3.63) is 30.1 Å². The number of hydrogen-bond donors (Lipinski definition) is 1. The second kappa shape index (κ2) is 6.61. The van der Waals surface area contributed by atoms with Crippen LogP contribution < -0.4 is 5.32 Å². The lowest BCUT2D eigenvalue weighted by molar-refractivity contribution is 0.221. The average molecular weight is 298 g/mol. The molecule has 0 spiro atoms. The molecule has 0 bridgehead atoms. The highest BCUT2D eigenvalue weighted by Gasteiger charge is 2.22. The maximum atomic E-state index is 4.50. The van der Waals surface area contributed by atoms with Crippen molar-refractivity contribution in [2.24, 2.45) is 0 Å². The van der Waals surface area contributed by atoms with E-state index in [1.165, 1.54) is 31.2 Å². The average Bonchev–Trinajstić information content (AvgIpc) is 2.55. The fourth-order valence-electron chi connectivity index (χ4n) is 3.37. The Labute approximate surface area is 133 Å². The molecule has 1 N–H and O–H groups in total. The van der Waals surface area contributed by atoms with E-state index >= 15 is 0 Å². The SMILES string of the molecule is CCc1ccc2ncnc(NC3CCC(N(C)C)CC3)c2c1. The minimum atomic E-state index is 0.527. The van der Waals surface area contributed by atoms with Crippen molar-refractivity contribution in [3.8, 4) is 0 Å². The molecular weight excluding hydrogens is 272 g/mol. The first-order valence-corrected chi connectivity index (χ1v) is 8.34. The Morgan fingerprint density at radius 1 is 1.14 bits per heavy atom. The summed E-state index contributed by atoms with van der Waals surface area (Å²) in [6, 6.07) is 7.74. The molecule has 1 aliphatic rings. The Bertz CT molecular complexity index is 630. The molecule has 0 unspecified atom stereocenters. The van der Waals surface area contributed by atoms with Crippen molar-refractivity contribution in [1.29, 1.82) is 0 Å². The van der Waals surface area contributed by atoms with Crippen LogP contribution in [0.1, 0.15) is 38.2 Å². The number of aromatic nitrogens is 2. The predicted octanol–water partition coefficient (Wildman–Crippen LogP) is 3.48. The maximum absolute atomic E-state index is 4.50. The molecule has 0 saturated heterocycles. The molecule has 0 amide bonds. The van der Waals surface area contributed by atoms with Gasteiger partial charge in [-0.15, -0.1) is 0 Å². The van der Waals surface area contributed by atoms with Crippen LogP contribution in [0.4, 0.5) is 5.82 Å². The number of benzene rings is 1.